The van der Waals surface area contributed by atoms with Crippen LogP contribution in [-0.4, -0.2) is 34.4 Å². The number of rotatable bonds is 3. The Morgan fingerprint density at radius 1 is 1.36 bits per heavy atom. The number of amides is 1. The fourth-order valence-corrected chi connectivity index (χ4v) is 2.25. The number of carbonyl (C=O) groups is 1. The van der Waals surface area contributed by atoms with Gasteiger partial charge in [-0.05, 0) is 40.2 Å². The molecule has 0 aliphatic rings. The van der Waals surface area contributed by atoms with Gasteiger partial charge in [0.2, 0.25) is 0 Å². The molecule has 0 saturated carbocycles. The van der Waals surface area contributed by atoms with E-state index in [2.05, 4.69) is 31.4 Å². The summed E-state index contributed by atoms with van der Waals surface area (Å²) < 4.78 is 0.451. The summed E-state index contributed by atoms with van der Waals surface area (Å²) >= 11 is 9.03. The van der Waals surface area contributed by atoms with E-state index in [-0.39, 0.29) is 11.7 Å². The third-order valence-electron chi connectivity index (χ3n) is 2.37. The lowest BCUT2D eigenvalue weighted by Crippen LogP contribution is -2.17. The van der Waals surface area contributed by atoms with E-state index in [0.717, 1.165) is 7.11 Å². The van der Waals surface area contributed by atoms with Gasteiger partial charge in [-0.2, -0.15) is 5.10 Å². The van der Waals surface area contributed by atoms with Crippen molar-refractivity contribution in [1.82, 2.24) is 10.4 Å². The summed E-state index contributed by atoms with van der Waals surface area (Å²) in [5.74, 6) is -0.374. The minimum Gasteiger partial charge on any atom is -0.506 e. The molecule has 1 aromatic heterocycles. The van der Waals surface area contributed by atoms with E-state index in [0.29, 0.717) is 20.6 Å². The molecule has 0 saturated heterocycles. The molecule has 0 aliphatic heterocycles. The number of carbonyl (C=O) groups excluding carboxylic acids is 1. The van der Waals surface area contributed by atoms with Crippen molar-refractivity contribution in [2.45, 2.75) is 0 Å². The molecule has 8 heteroatoms. The van der Waals surface area contributed by atoms with Crippen molar-refractivity contribution in [1.29, 1.82) is 0 Å². The van der Waals surface area contributed by atoms with E-state index in [9.17, 15) is 9.90 Å². The van der Waals surface area contributed by atoms with Gasteiger partial charge in [0, 0.05) is 35.7 Å². The van der Waals surface area contributed by atoms with Crippen LogP contribution < -0.4 is 5.43 Å². The van der Waals surface area contributed by atoms with Crippen molar-refractivity contribution in [2.24, 2.45) is 5.10 Å². The number of pyridine rings is 1. The fourth-order valence-electron chi connectivity index (χ4n) is 1.41. The maximum Gasteiger partial charge on any atom is 0.271 e. The average Bonchev–Trinajstić information content (AvgIpc) is 2.54. The van der Waals surface area contributed by atoms with Crippen LogP contribution >= 0.6 is 27.5 Å². The van der Waals surface area contributed by atoms with Crippen LogP contribution in [-0.2, 0) is 0 Å². The number of halogens is 2. The fraction of sp³-hybridized carbons (Fsp3) is 0.0714. The van der Waals surface area contributed by atoms with Crippen molar-refractivity contribution in [3.8, 4) is 5.75 Å². The zero-order chi connectivity index (χ0) is 16.5. The second kappa shape index (κ2) is 9.14. The monoisotopic (exact) mass is 385 g/mol. The standard InChI is InChI=1S/C13H9BrClN3O2.CH4O/c14-11-6-10(15)5-9(12(11)19)7-17-18-13(20)8-1-3-16-4-2-8;1-2/h1-7,19H,(H,18,20);2H,1H3/b17-7+;. The first kappa shape index (κ1) is 18.1. The van der Waals surface area contributed by atoms with E-state index in [4.69, 9.17) is 16.7 Å². The summed E-state index contributed by atoms with van der Waals surface area (Å²) in [7, 11) is 1.00. The van der Waals surface area contributed by atoms with Gasteiger partial charge in [-0.1, -0.05) is 11.6 Å². The smallest absolute Gasteiger partial charge is 0.271 e. The molecule has 0 fully saturated rings. The zero-order valence-electron chi connectivity index (χ0n) is 11.5. The highest BCUT2D eigenvalue weighted by Crippen LogP contribution is 2.30. The average molecular weight is 387 g/mol. The van der Waals surface area contributed by atoms with Gasteiger partial charge in [0.05, 0.1) is 10.7 Å². The second-order valence-electron chi connectivity index (χ2n) is 3.76. The molecule has 0 radical (unpaired) electrons. The lowest BCUT2D eigenvalue weighted by Gasteiger charge is -2.03. The molecule has 0 atom stereocenters. The van der Waals surface area contributed by atoms with Crippen LogP contribution in [0.25, 0.3) is 0 Å². The van der Waals surface area contributed by atoms with Crippen LogP contribution in [0.4, 0.5) is 0 Å². The van der Waals surface area contributed by atoms with Crippen LogP contribution in [0.3, 0.4) is 0 Å². The number of hydrogen-bond donors (Lipinski definition) is 3. The number of nitrogens with zero attached hydrogens (tertiary/aromatic N) is 2. The Labute approximate surface area is 140 Å². The Hall–Kier alpha value is -1.96. The molecule has 2 aromatic rings. The number of aliphatic hydroxyl groups is 1. The lowest BCUT2D eigenvalue weighted by molar-refractivity contribution is 0.0955. The van der Waals surface area contributed by atoms with Crippen LogP contribution in [0.5, 0.6) is 5.75 Å². The first-order valence-electron chi connectivity index (χ1n) is 5.94. The zero-order valence-corrected chi connectivity index (χ0v) is 13.8. The van der Waals surface area contributed by atoms with Gasteiger partial charge in [0.15, 0.2) is 0 Å². The molecule has 3 N–H and O–H groups in total. The number of hydrazone groups is 1. The Kier molecular flexibility index (Phi) is 7.51. The number of aliphatic hydroxyl groups excluding tert-OH is 1. The van der Waals surface area contributed by atoms with Gasteiger partial charge in [-0.15, -0.1) is 0 Å². The maximum absolute atomic E-state index is 11.7. The summed E-state index contributed by atoms with van der Waals surface area (Å²) in [6.45, 7) is 0. The van der Waals surface area contributed by atoms with Crippen molar-refractivity contribution in [3.05, 3.63) is 57.3 Å². The minimum absolute atomic E-state index is 0.00342. The Morgan fingerprint density at radius 3 is 2.64 bits per heavy atom. The molecule has 6 nitrogen and oxygen atoms in total. The summed E-state index contributed by atoms with van der Waals surface area (Å²) in [4.78, 5) is 15.5. The summed E-state index contributed by atoms with van der Waals surface area (Å²) in [6.07, 6.45) is 4.34. The SMILES string of the molecule is CO.O=C(N/N=C/c1cc(Cl)cc(Br)c1O)c1ccncc1. The third kappa shape index (κ3) is 5.10. The van der Waals surface area contributed by atoms with Crippen molar-refractivity contribution in [3.63, 3.8) is 0 Å². The highest BCUT2D eigenvalue weighted by atomic mass is 79.9. The number of hydrogen-bond acceptors (Lipinski definition) is 5. The highest BCUT2D eigenvalue weighted by molar-refractivity contribution is 9.10. The molecule has 116 valence electrons. The van der Waals surface area contributed by atoms with E-state index in [1.54, 1.807) is 18.2 Å². The van der Waals surface area contributed by atoms with E-state index >= 15 is 0 Å². The Balaban J connectivity index is 0.00000116. The molecule has 1 heterocycles. The number of aromatic nitrogens is 1. The lowest BCUT2D eigenvalue weighted by atomic mass is 10.2. The topological polar surface area (TPSA) is 94.8 Å². The van der Waals surface area contributed by atoms with Crippen LogP contribution in [0.2, 0.25) is 5.02 Å². The normalized spacial score (nSPS) is 10.0. The van der Waals surface area contributed by atoms with E-state index < -0.39 is 0 Å². The second-order valence-corrected chi connectivity index (χ2v) is 5.05. The largest absolute Gasteiger partial charge is 0.506 e. The predicted molar refractivity (Wildman–Crippen MR) is 88.3 cm³/mol. The summed E-state index contributed by atoms with van der Waals surface area (Å²) in [6, 6.07) is 6.23. The molecule has 22 heavy (non-hydrogen) atoms. The highest BCUT2D eigenvalue weighted by Gasteiger charge is 2.06. The Bertz CT molecular complexity index is 666. The molecule has 0 aliphatic carbocycles. The van der Waals surface area contributed by atoms with Crippen LogP contribution in [0.15, 0.2) is 46.2 Å². The van der Waals surface area contributed by atoms with Crippen molar-refractivity contribution < 1.29 is 15.0 Å². The molecule has 0 bridgehead atoms. The minimum atomic E-state index is -0.371. The summed E-state index contributed by atoms with van der Waals surface area (Å²) in [5, 5.41) is 21.0. The number of phenolic OH excluding ortho intramolecular Hbond substituents is 1. The third-order valence-corrected chi connectivity index (χ3v) is 3.19. The van der Waals surface area contributed by atoms with Gasteiger partial charge >= 0.3 is 0 Å². The molecule has 1 amide bonds. The van der Waals surface area contributed by atoms with Gasteiger partial charge in [-0.25, -0.2) is 5.43 Å². The predicted octanol–water partition coefficient (Wildman–Crippen LogP) is 2.58. The maximum atomic E-state index is 11.7. The van der Waals surface area contributed by atoms with Crippen molar-refractivity contribution in [2.75, 3.05) is 7.11 Å². The van der Waals surface area contributed by atoms with Crippen LogP contribution in [0, 0.1) is 0 Å². The number of aromatic hydroxyl groups is 1. The molecule has 0 spiro atoms. The van der Waals surface area contributed by atoms with Gasteiger partial charge in [0.1, 0.15) is 5.75 Å². The molecule has 1 aromatic carbocycles. The summed E-state index contributed by atoms with van der Waals surface area (Å²) in [5.41, 5.74) is 3.17. The number of nitrogens with one attached hydrogen (secondary N) is 1. The Morgan fingerprint density at radius 2 is 2.00 bits per heavy atom. The van der Waals surface area contributed by atoms with Gasteiger partial charge in [0.25, 0.3) is 5.91 Å². The van der Waals surface area contributed by atoms with Gasteiger partial charge in [-0.3, -0.25) is 9.78 Å². The molecular weight excluding hydrogens is 374 g/mol. The van der Waals surface area contributed by atoms with E-state index in [1.165, 1.54) is 24.7 Å². The first-order chi connectivity index (χ1) is 10.6. The van der Waals surface area contributed by atoms with Crippen molar-refractivity contribution >= 4 is 39.7 Å². The molecular formula is C14H13BrClN3O3. The van der Waals surface area contributed by atoms with Crippen LogP contribution in [0.1, 0.15) is 15.9 Å². The number of benzene rings is 1. The van der Waals surface area contributed by atoms with Gasteiger partial charge < -0.3 is 10.2 Å². The quantitative estimate of drug-likeness (QED) is 0.558. The van der Waals surface area contributed by atoms with E-state index in [1.807, 2.05) is 0 Å². The molecule has 2 rings (SSSR count). The molecule has 0 unspecified atom stereocenters. The first-order valence-corrected chi connectivity index (χ1v) is 7.11. The number of phenols is 1.